The number of nitrogens with two attached hydrogens (primary N) is 1. The summed E-state index contributed by atoms with van der Waals surface area (Å²) >= 11 is 8.15. The van der Waals surface area contributed by atoms with E-state index in [0.29, 0.717) is 24.9 Å². The lowest BCUT2D eigenvalue weighted by Gasteiger charge is -2.29. The molecular formula is C22H31N5O6S2. The van der Waals surface area contributed by atoms with Gasteiger partial charge in [0.25, 0.3) is 0 Å². The van der Waals surface area contributed by atoms with Gasteiger partial charge in [-0.1, -0.05) is 12.1 Å². The number of hydrogen-bond acceptors (Lipinski definition) is 8. The van der Waals surface area contributed by atoms with Crippen LogP contribution in [0.25, 0.3) is 0 Å². The first-order chi connectivity index (χ1) is 16.6. The predicted molar refractivity (Wildman–Crippen MR) is 135 cm³/mol. The number of phenols is 1. The van der Waals surface area contributed by atoms with Gasteiger partial charge in [-0.3, -0.25) is 24.0 Å². The molecule has 1 fully saturated rings. The zero-order valence-corrected chi connectivity index (χ0v) is 21.1. The van der Waals surface area contributed by atoms with E-state index >= 15 is 0 Å². The molecule has 0 unspecified atom stereocenters. The smallest absolute Gasteiger partial charge is 0.246 e. The number of aromatic hydroxyl groups is 1. The van der Waals surface area contributed by atoms with Gasteiger partial charge in [-0.25, -0.2) is 0 Å². The van der Waals surface area contributed by atoms with Crippen molar-refractivity contribution in [2.75, 3.05) is 18.1 Å². The molecule has 5 amide bonds. The lowest BCUT2D eigenvalue weighted by atomic mass is 10.0. The maximum absolute atomic E-state index is 13.2. The first-order valence-electron chi connectivity index (χ1n) is 11.0. The van der Waals surface area contributed by atoms with E-state index in [0.717, 1.165) is 0 Å². The highest BCUT2D eigenvalue weighted by Crippen LogP contribution is 2.20. The number of amides is 5. The molecule has 2 rings (SSSR count). The summed E-state index contributed by atoms with van der Waals surface area (Å²) in [7, 11) is 0. The minimum Gasteiger partial charge on any atom is -0.508 e. The average molecular weight is 526 g/mol. The largest absolute Gasteiger partial charge is 0.508 e. The van der Waals surface area contributed by atoms with Crippen LogP contribution < -0.4 is 21.7 Å². The van der Waals surface area contributed by atoms with Gasteiger partial charge >= 0.3 is 0 Å². The standard InChI is InChI=1S/C22H31N5O6S2/c1-12(28)24-17(11-35)22(33)27-8-2-3-18(27)21(32)25-15(9-13-4-6-14(29)7-5-13)20(31)26-16(10-34)19(23)30/h4-7,15-18,29,34-35H,2-3,8-11H2,1H3,(H2,23,30)(H,24,28)(H,25,32)(H,26,31)/t15-,16-,17-,18-/m0/s1. The summed E-state index contributed by atoms with van der Waals surface area (Å²) in [5.74, 6) is -2.71. The summed E-state index contributed by atoms with van der Waals surface area (Å²) in [5.41, 5.74) is 5.94. The van der Waals surface area contributed by atoms with Gasteiger partial charge in [0.1, 0.15) is 29.9 Å². The molecule has 6 N–H and O–H groups in total. The third-order valence-electron chi connectivity index (χ3n) is 5.55. The minimum absolute atomic E-state index is 0.0277. The Labute approximate surface area is 214 Å². The van der Waals surface area contributed by atoms with Gasteiger partial charge < -0.3 is 31.7 Å². The Morgan fingerprint density at radius 1 is 1.03 bits per heavy atom. The van der Waals surface area contributed by atoms with Crippen molar-refractivity contribution in [3.63, 3.8) is 0 Å². The first kappa shape index (κ1) is 28.3. The maximum atomic E-state index is 13.2. The highest BCUT2D eigenvalue weighted by Gasteiger charge is 2.38. The number of thiol groups is 2. The van der Waals surface area contributed by atoms with Crippen LogP contribution in [0.2, 0.25) is 0 Å². The quantitative estimate of drug-likeness (QED) is 0.178. The monoisotopic (exact) mass is 525 g/mol. The number of carbonyl (C=O) groups is 5. The summed E-state index contributed by atoms with van der Waals surface area (Å²) in [6.45, 7) is 1.60. The Morgan fingerprint density at radius 2 is 1.66 bits per heavy atom. The van der Waals surface area contributed by atoms with Crippen LogP contribution in [0.5, 0.6) is 5.75 Å². The first-order valence-corrected chi connectivity index (χ1v) is 12.3. The second-order valence-electron chi connectivity index (χ2n) is 8.20. The van der Waals surface area contributed by atoms with E-state index < -0.39 is 53.7 Å². The molecular weight excluding hydrogens is 494 g/mol. The number of likely N-dealkylation sites (tertiary alicyclic amines) is 1. The van der Waals surface area contributed by atoms with Gasteiger partial charge in [0.2, 0.25) is 29.5 Å². The molecule has 0 bridgehead atoms. The molecule has 11 nitrogen and oxygen atoms in total. The van der Waals surface area contributed by atoms with E-state index in [9.17, 15) is 29.1 Å². The third kappa shape index (κ3) is 8.06. The van der Waals surface area contributed by atoms with Crippen LogP contribution in [0.15, 0.2) is 24.3 Å². The Kier molecular flexibility index (Phi) is 10.7. The van der Waals surface area contributed by atoms with Crippen LogP contribution in [-0.4, -0.2) is 81.8 Å². The van der Waals surface area contributed by atoms with Gasteiger partial charge in [-0.05, 0) is 30.5 Å². The van der Waals surface area contributed by atoms with Crippen LogP contribution in [0, 0.1) is 0 Å². The lowest BCUT2D eigenvalue weighted by molar-refractivity contribution is -0.141. The van der Waals surface area contributed by atoms with Crippen LogP contribution in [0.1, 0.15) is 25.3 Å². The van der Waals surface area contributed by atoms with E-state index in [-0.39, 0.29) is 23.7 Å². The molecule has 192 valence electrons. The molecule has 1 aromatic carbocycles. The van der Waals surface area contributed by atoms with Crippen molar-refractivity contribution in [3.8, 4) is 5.75 Å². The van der Waals surface area contributed by atoms with E-state index in [1.165, 1.54) is 24.0 Å². The van der Waals surface area contributed by atoms with E-state index in [4.69, 9.17) is 5.73 Å². The molecule has 0 aromatic heterocycles. The maximum Gasteiger partial charge on any atom is 0.246 e. The van der Waals surface area contributed by atoms with Crippen molar-refractivity contribution in [1.29, 1.82) is 0 Å². The van der Waals surface area contributed by atoms with Crippen molar-refractivity contribution in [3.05, 3.63) is 29.8 Å². The SMILES string of the molecule is CC(=O)N[C@@H](CS)C(=O)N1CCC[C@H]1C(=O)N[C@@H](Cc1ccc(O)cc1)C(=O)N[C@@H](CS)C(N)=O. The molecule has 1 saturated heterocycles. The van der Waals surface area contributed by atoms with Crippen molar-refractivity contribution < 1.29 is 29.1 Å². The van der Waals surface area contributed by atoms with Crippen molar-refractivity contribution >= 4 is 54.8 Å². The Balaban J connectivity index is 2.21. The number of hydrogen-bond donors (Lipinski definition) is 7. The fourth-order valence-corrected chi connectivity index (χ4v) is 4.28. The van der Waals surface area contributed by atoms with Gasteiger partial charge in [0, 0.05) is 31.4 Å². The number of rotatable bonds is 11. The van der Waals surface area contributed by atoms with Crippen LogP contribution in [0.3, 0.4) is 0 Å². The molecule has 0 radical (unpaired) electrons. The number of nitrogens with zero attached hydrogens (tertiary/aromatic N) is 1. The van der Waals surface area contributed by atoms with Gasteiger partial charge in [-0.2, -0.15) is 25.3 Å². The van der Waals surface area contributed by atoms with Crippen LogP contribution in [-0.2, 0) is 30.4 Å². The Morgan fingerprint density at radius 3 is 2.20 bits per heavy atom. The minimum atomic E-state index is -1.10. The molecule has 35 heavy (non-hydrogen) atoms. The van der Waals surface area contributed by atoms with Crippen molar-refractivity contribution in [2.45, 2.75) is 50.4 Å². The molecule has 0 spiro atoms. The third-order valence-corrected chi connectivity index (χ3v) is 6.28. The molecule has 1 aliphatic rings. The lowest BCUT2D eigenvalue weighted by Crippen LogP contribution is -2.58. The summed E-state index contributed by atoms with van der Waals surface area (Å²) in [6.07, 6.45) is 1.01. The molecule has 0 aliphatic carbocycles. The highest BCUT2D eigenvalue weighted by molar-refractivity contribution is 7.80. The molecule has 1 aliphatic heterocycles. The topological polar surface area (TPSA) is 171 Å². The summed E-state index contributed by atoms with van der Waals surface area (Å²) in [4.78, 5) is 63.5. The second kappa shape index (κ2) is 13.2. The number of primary amides is 1. The average Bonchev–Trinajstić information content (AvgIpc) is 3.31. The van der Waals surface area contributed by atoms with Crippen LogP contribution >= 0.6 is 25.3 Å². The summed E-state index contributed by atoms with van der Waals surface area (Å²) in [5, 5.41) is 17.2. The normalized spacial score (nSPS) is 17.7. The predicted octanol–water partition coefficient (Wildman–Crippen LogP) is -1.26. The molecule has 0 saturated carbocycles. The number of nitrogens with one attached hydrogen (secondary N) is 3. The van der Waals surface area contributed by atoms with E-state index in [1.807, 2.05) is 0 Å². The number of carbonyl (C=O) groups excluding carboxylic acids is 5. The Bertz CT molecular complexity index is 945. The number of phenolic OH excluding ortho intramolecular Hbond substituents is 1. The van der Waals surface area contributed by atoms with Crippen molar-refractivity contribution in [1.82, 2.24) is 20.9 Å². The zero-order chi connectivity index (χ0) is 26.1. The second-order valence-corrected chi connectivity index (χ2v) is 8.93. The van der Waals surface area contributed by atoms with Gasteiger partial charge in [-0.15, -0.1) is 0 Å². The van der Waals surface area contributed by atoms with Crippen molar-refractivity contribution in [2.24, 2.45) is 5.73 Å². The van der Waals surface area contributed by atoms with Gasteiger partial charge in [0.05, 0.1) is 0 Å². The molecule has 13 heteroatoms. The fourth-order valence-electron chi connectivity index (χ4n) is 3.76. The van der Waals surface area contributed by atoms with Crippen LogP contribution in [0.4, 0.5) is 0 Å². The van der Waals surface area contributed by atoms with E-state index in [2.05, 4.69) is 41.2 Å². The fraction of sp³-hybridized carbons (Fsp3) is 0.500. The zero-order valence-electron chi connectivity index (χ0n) is 19.3. The van der Waals surface area contributed by atoms with E-state index in [1.54, 1.807) is 12.1 Å². The molecule has 4 atom stereocenters. The summed E-state index contributed by atoms with van der Waals surface area (Å²) < 4.78 is 0. The van der Waals surface area contributed by atoms with Gasteiger partial charge in [0.15, 0.2) is 0 Å². The number of benzene rings is 1. The highest BCUT2D eigenvalue weighted by atomic mass is 32.1. The molecule has 1 heterocycles. The summed E-state index contributed by atoms with van der Waals surface area (Å²) in [6, 6.07) is 2.24. The Hall–Kier alpha value is -2.93. The molecule has 1 aromatic rings.